The molecule has 0 saturated carbocycles. The predicted molar refractivity (Wildman–Crippen MR) is 97.1 cm³/mol. The maximum atomic E-state index is 12.5. The molecule has 1 spiro atoms. The Kier molecular flexibility index (Phi) is 4.57. The number of morpholine rings is 1. The minimum Gasteiger partial charge on any atom is -0.371 e. The number of anilines is 1. The lowest BCUT2D eigenvalue weighted by molar-refractivity contribution is -0.0870. The van der Waals surface area contributed by atoms with Gasteiger partial charge in [0, 0.05) is 37.8 Å². The highest BCUT2D eigenvalue weighted by atomic mass is 32.1. The zero-order chi connectivity index (χ0) is 18.0. The Morgan fingerprint density at radius 3 is 2.77 bits per heavy atom. The number of pyridine rings is 1. The quantitative estimate of drug-likeness (QED) is 0.804. The molecular weight excluding hydrogens is 350 g/mol. The number of thiazole rings is 1. The van der Waals surface area contributed by atoms with E-state index in [0.717, 1.165) is 31.7 Å². The van der Waals surface area contributed by atoms with Crippen LogP contribution in [0.2, 0.25) is 0 Å². The van der Waals surface area contributed by atoms with Crippen LogP contribution in [-0.4, -0.2) is 59.2 Å². The van der Waals surface area contributed by atoms with Crippen LogP contribution >= 0.6 is 11.3 Å². The van der Waals surface area contributed by atoms with E-state index in [4.69, 9.17) is 10.00 Å². The molecule has 2 aromatic heterocycles. The summed E-state index contributed by atoms with van der Waals surface area (Å²) in [5, 5.41) is 10.7. The maximum absolute atomic E-state index is 12.5. The summed E-state index contributed by atoms with van der Waals surface area (Å²) in [4.78, 5) is 25.1. The summed E-state index contributed by atoms with van der Waals surface area (Å²) >= 11 is 1.44. The molecule has 2 aliphatic heterocycles. The monoisotopic (exact) mass is 369 g/mol. The highest BCUT2D eigenvalue weighted by molar-refractivity contribution is 7.07. The van der Waals surface area contributed by atoms with Crippen molar-refractivity contribution in [1.82, 2.24) is 14.9 Å². The molecule has 0 bridgehead atoms. The minimum absolute atomic E-state index is 0.00234. The number of piperidine rings is 1. The molecule has 2 aliphatic rings. The van der Waals surface area contributed by atoms with E-state index in [2.05, 4.69) is 20.9 Å². The summed E-state index contributed by atoms with van der Waals surface area (Å²) in [6, 6.07) is 5.77. The van der Waals surface area contributed by atoms with Crippen LogP contribution in [-0.2, 0) is 4.74 Å². The van der Waals surface area contributed by atoms with Crippen LogP contribution in [0.15, 0.2) is 29.2 Å². The molecule has 0 radical (unpaired) electrons. The van der Waals surface area contributed by atoms with Gasteiger partial charge in [-0.1, -0.05) is 0 Å². The van der Waals surface area contributed by atoms with Gasteiger partial charge in [0.1, 0.15) is 17.6 Å². The van der Waals surface area contributed by atoms with Gasteiger partial charge >= 0.3 is 0 Å². The van der Waals surface area contributed by atoms with Crippen molar-refractivity contribution in [2.24, 2.45) is 0 Å². The Morgan fingerprint density at radius 2 is 2.12 bits per heavy atom. The molecule has 0 aliphatic carbocycles. The molecule has 2 saturated heterocycles. The topological polar surface area (TPSA) is 82.4 Å². The van der Waals surface area contributed by atoms with Crippen LogP contribution in [0, 0.1) is 11.3 Å². The van der Waals surface area contributed by atoms with Gasteiger partial charge in [0.25, 0.3) is 5.91 Å². The van der Waals surface area contributed by atoms with Crippen molar-refractivity contribution in [1.29, 1.82) is 5.26 Å². The number of likely N-dealkylation sites (tertiary alicyclic amines) is 1. The molecule has 1 amide bonds. The Morgan fingerprint density at radius 1 is 1.27 bits per heavy atom. The third-order valence-electron chi connectivity index (χ3n) is 5.06. The molecule has 2 aromatic rings. The van der Waals surface area contributed by atoms with E-state index in [0.29, 0.717) is 31.0 Å². The Hall–Kier alpha value is -2.50. The van der Waals surface area contributed by atoms with E-state index in [1.807, 2.05) is 11.0 Å². The second-order valence-electron chi connectivity index (χ2n) is 6.64. The highest BCUT2D eigenvalue weighted by Gasteiger charge is 2.41. The fraction of sp³-hybridized carbons (Fsp3) is 0.444. The van der Waals surface area contributed by atoms with Crippen molar-refractivity contribution in [2.75, 3.05) is 37.7 Å². The molecule has 8 heteroatoms. The first-order valence-corrected chi connectivity index (χ1v) is 9.56. The second kappa shape index (κ2) is 7.02. The van der Waals surface area contributed by atoms with Crippen molar-refractivity contribution in [3.8, 4) is 6.07 Å². The number of rotatable bonds is 2. The third-order valence-corrected chi connectivity index (χ3v) is 5.65. The first-order valence-electron chi connectivity index (χ1n) is 8.62. The number of carbonyl (C=O) groups is 1. The van der Waals surface area contributed by atoms with Crippen LogP contribution in [0.3, 0.4) is 0 Å². The molecule has 0 N–H and O–H groups in total. The molecule has 0 aromatic carbocycles. The molecule has 4 rings (SSSR count). The van der Waals surface area contributed by atoms with Gasteiger partial charge in [0.05, 0.1) is 23.3 Å². The van der Waals surface area contributed by atoms with Gasteiger partial charge in [-0.25, -0.2) is 9.97 Å². The number of ether oxygens (including phenoxy) is 1. The average Bonchev–Trinajstić information content (AvgIpc) is 3.23. The van der Waals surface area contributed by atoms with E-state index in [1.54, 1.807) is 23.2 Å². The van der Waals surface area contributed by atoms with Crippen molar-refractivity contribution >= 4 is 23.1 Å². The highest BCUT2D eigenvalue weighted by Crippen LogP contribution is 2.32. The van der Waals surface area contributed by atoms with E-state index < -0.39 is 0 Å². The minimum atomic E-state index is -0.243. The number of carbonyl (C=O) groups excluding carboxylic acids is 1. The van der Waals surface area contributed by atoms with Crippen LogP contribution in [0.1, 0.15) is 28.9 Å². The zero-order valence-electron chi connectivity index (χ0n) is 14.3. The summed E-state index contributed by atoms with van der Waals surface area (Å²) in [5.41, 5.74) is 2.53. The van der Waals surface area contributed by atoms with E-state index in [-0.39, 0.29) is 11.5 Å². The van der Waals surface area contributed by atoms with Crippen molar-refractivity contribution in [3.05, 3.63) is 40.5 Å². The normalized spacial score (nSPS) is 19.3. The lowest BCUT2D eigenvalue weighted by atomic mass is 9.89. The van der Waals surface area contributed by atoms with Gasteiger partial charge in [-0.15, -0.1) is 11.3 Å². The lowest BCUT2D eigenvalue weighted by Gasteiger charge is -2.47. The molecule has 134 valence electrons. The molecule has 7 nitrogen and oxygen atoms in total. The van der Waals surface area contributed by atoms with Crippen LogP contribution in [0.25, 0.3) is 0 Å². The van der Waals surface area contributed by atoms with Crippen LogP contribution < -0.4 is 4.90 Å². The SMILES string of the molecule is N#Cc1ccc(N2CCOC3(CCN(C(=O)c4cscn4)CC3)C2)nc1. The number of hydrogen-bond donors (Lipinski definition) is 0. The molecular formula is C18H19N5O2S. The fourth-order valence-corrected chi connectivity index (χ4v) is 4.11. The molecule has 2 fully saturated rings. The molecule has 4 heterocycles. The standard InChI is InChI=1S/C18H19N5O2S/c19-9-14-1-2-16(20-10-14)23-7-8-25-18(12-23)3-5-22(6-4-18)17(24)15-11-26-13-21-15/h1-2,10-11,13H,3-8,12H2. The van der Waals surface area contributed by atoms with Gasteiger partial charge in [0.15, 0.2) is 0 Å². The van der Waals surface area contributed by atoms with E-state index in [9.17, 15) is 4.79 Å². The number of amides is 1. The van der Waals surface area contributed by atoms with Gasteiger partial charge in [-0.05, 0) is 25.0 Å². The van der Waals surface area contributed by atoms with Crippen molar-refractivity contribution < 1.29 is 9.53 Å². The second-order valence-corrected chi connectivity index (χ2v) is 7.35. The summed E-state index contributed by atoms with van der Waals surface area (Å²) in [6.45, 7) is 3.52. The van der Waals surface area contributed by atoms with E-state index in [1.165, 1.54) is 11.3 Å². The van der Waals surface area contributed by atoms with Gasteiger partial charge in [-0.3, -0.25) is 4.79 Å². The largest absolute Gasteiger partial charge is 0.371 e. The fourth-order valence-electron chi connectivity index (χ4n) is 3.58. The Labute approximate surface area is 155 Å². The number of nitriles is 1. The maximum Gasteiger partial charge on any atom is 0.273 e. The first-order chi connectivity index (χ1) is 12.7. The Bertz CT molecular complexity index is 807. The molecule has 26 heavy (non-hydrogen) atoms. The summed E-state index contributed by atoms with van der Waals surface area (Å²) in [6.07, 6.45) is 3.21. The first kappa shape index (κ1) is 16.9. The van der Waals surface area contributed by atoms with Gasteiger partial charge < -0.3 is 14.5 Å². The number of nitrogens with zero attached hydrogens (tertiary/aromatic N) is 5. The predicted octanol–water partition coefficient (Wildman–Crippen LogP) is 1.92. The number of aromatic nitrogens is 2. The van der Waals surface area contributed by atoms with Gasteiger partial charge in [-0.2, -0.15) is 5.26 Å². The molecule has 0 unspecified atom stereocenters. The molecule has 0 atom stereocenters. The average molecular weight is 369 g/mol. The van der Waals surface area contributed by atoms with Crippen molar-refractivity contribution in [3.63, 3.8) is 0 Å². The summed E-state index contributed by atoms with van der Waals surface area (Å²) in [7, 11) is 0. The smallest absolute Gasteiger partial charge is 0.273 e. The third kappa shape index (κ3) is 3.28. The zero-order valence-corrected chi connectivity index (χ0v) is 15.1. The Balaban J connectivity index is 1.41. The van der Waals surface area contributed by atoms with Crippen molar-refractivity contribution in [2.45, 2.75) is 18.4 Å². The van der Waals surface area contributed by atoms with Crippen LogP contribution in [0.5, 0.6) is 0 Å². The number of hydrogen-bond acceptors (Lipinski definition) is 7. The summed E-state index contributed by atoms with van der Waals surface area (Å²) < 4.78 is 6.15. The van der Waals surface area contributed by atoms with Crippen LogP contribution in [0.4, 0.5) is 5.82 Å². The summed E-state index contributed by atoms with van der Waals surface area (Å²) in [5.74, 6) is 0.871. The van der Waals surface area contributed by atoms with Gasteiger partial charge in [0.2, 0.25) is 0 Å². The lowest BCUT2D eigenvalue weighted by Crippen LogP contribution is -2.57. The van der Waals surface area contributed by atoms with E-state index >= 15 is 0 Å².